The number of benzene rings is 2. The van der Waals surface area contributed by atoms with Crippen molar-refractivity contribution in [1.29, 1.82) is 0 Å². The average Bonchev–Trinajstić information content (AvgIpc) is 2.70. The van der Waals surface area contributed by atoms with Gasteiger partial charge in [0, 0.05) is 25.8 Å². The van der Waals surface area contributed by atoms with Crippen molar-refractivity contribution in [2.24, 2.45) is 5.73 Å². The fourth-order valence-electron chi connectivity index (χ4n) is 2.71. The van der Waals surface area contributed by atoms with Gasteiger partial charge in [-0.1, -0.05) is 18.2 Å². The van der Waals surface area contributed by atoms with Crippen molar-refractivity contribution in [2.45, 2.75) is 6.42 Å². The second-order valence-corrected chi connectivity index (χ2v) is 6.61. The molecule has 0 fully saturated rings. The van der Waals surface area contributed by atoms with Gasteiger partial charge in [0.1, 0.15) is 11.3 Å². The molecule has 28 heavy (non-hydrogen) atoms. The van der Waals surface area contributed by atoms with Gasteiger partial charge in [0.2, 0.25) is 11.2 Å². The molecule has 1 aromatic heterocycles. The molecule has 3 rings (SSSR count). The molecule has 0 saturated heterocycles. The monoisotopic (exact) mass is 380 g/mol. The number of anilines is 1. The summed E-state index contributed by atoms with van der Waals surface area (Å²) < 4.78 is 11.4. The van der Waals surface area contributed by atoms with E-state index in [9.17, 15) is 9.90 Å². The molecule has 0 atom stereocenters. The predicted molar refractivity (Wildman–Crippen MR) is 113 cm³/mol. The van der Waals surface area contributed by atoms with Crippen molar-refractivity contribution in [3.05, 3.63) is 64.0 Å². The Labute approximate surface area is 163 Å². The first kappa shape index (κ1) is 19.5. The summed E-state index contributed by atoms with van der Waals surface area (Å²) in [6.45, 7) is 1.03. The van der Waals surface area contributed by atoms with Crippen LogP contribution in [0.5, 0.6) is 11.5 Å². The predicted octanol–water partition coefficient (Wildman–Crippen LogP) is 3.46. The first-order chi connectivity index (χ1) is 13.5. The maximum absolute atomic E-state index is 12.4. The van der Waals surface area contributed by atoms with Crippen LogP contribution in [0.2, 0.25) is 0 Å². The lowest BCUT2D eigenvalue weighted by Gasteiger charge is -2.11. The number of aromatic hydroxyl groups is 1. The van der Waals surface area contributed by atoms with E-state index in [1.807, 2.05) is 43.3 Å². The molecule has 0 aliphatic carbocycles. The Bertz CT molecular complexity index is 1040. The largest absolute Gasteiger partial charge is 0.502 e. The number of hydrogen-bond acceptors (Lipinski definition) is 6. The van der Waals surface area contributed by atoms with E-state index in [0.717, 1.165) is 17.7 Å². The lowest BCUT2D eigenvalue weighted by molar-refractivity contribution is 0.313. The van der Waals surface area contributed by atoms with Crippen LogP contribution in [-0.2, 0) is 0 Å². The van der Waals surface area contributed by atoms with E-state index in [1.54, 1.807) is 30.4 Å². The second kappa shape index (κ2) is 8.63. The van der Waals surface area contributed by atoms with Crippen LogP contribution in [0.25, 0.3) is 23.1 Å². The lowest BCUT2D eigenvalue weighted by atomic mass is 10.1. The number of fused-ring (bicyclic) bond motifs is 1. The second-order valence-electron chi connectivity index (χ2n) is 6.61. The Balaban J connectivity index is 1.91. The molecule has 6 nitrogen and oxygen atoms in total. The lowest BCUT2D eigenvalue weighted by Crippen LogP contribution is -2.07. The summed E-state index contributed by atoms with van der Waals surface area (Å²) in [5.74, 6) is 0.280. The normalized spacial score (nSPS) is 11.2. The van der Waals surface area contributed by atoms with Gasteiger partial charge < -0.3 is 24.9 Å². The van der Waals surface area contributed by atoms with Crippen LogP contribution in [-0.4, -0.2) is 32.4 Å². The first-order valence-electron chi connectivity index (χ1n) is 9.08. The molecular weight excluding hydrogens is 356 g/mol. The van der Waals surface area contributed by atoms with Crippen molar-refractivity contribution in [2.75, 3.05) is 32.1 Å². The Morgan fingerprint density at radius 3 is 2.57 bits per heavy atom. The SMILES string of the molecule is CN(C)c1ccc(/C=C/c2oc3cc(OCCCN)ccc3c(=O)c2O)cc1. The molecule has 6 heteroatoms. The third-order valence-electron chi connectivity index (χ3n) is 4.32. The van der Waals surface area contributed by atoms with Crippen molar-refractivity contribution >= 4 is 28.8 Å². The van der Waals surface area contributed by atoms with Crippen LogP contribution in [0.4, 0.5) is 5.69 Å². The topological polar surface area (TPSA) is 88.9 Å². The summed E-state index contributed by atoms with van der Waals surface area (Å²) in [4.78, 5) is 14.5. The molecule has 3 aromatic rings. The summed E-state index contributed by atoms with van der Waals surface area (Å²) >= 11 is 0. The molecule has 0 bridgehead atoms. The number of rotatable bonds is 7. The van der Waals surface area contributed by atoms with E-state index in [4.69, 9.17) is 14.9 Å². The highest BCUT2D eigenvalue weighted by Crippen LogP contribution is 2.25. The average molecular weight is 380 g/mol. The molecule has 146 valence electrons. The van der Waals surface area contributed by atoms with Crippen LogP contribution in [0.3, 0.4) is 0 Å². The van der Waals surface area contributed by atoms with Crippen molar-refractivity contribution in [3.63, 3.8) is 0 Å². The maximum Gasteiger partial charge on any atom is 0.235 e. The Morgan fingerprint density at radius 1 is 1.14 bits per heavy atom. The number of nitrogens with zero attached hydrogens (tertiary/aromatic N) is 1. The van der Waals surface area contributed by atoms with Gasteiger partial charge in [0.25, 0.3) is 0 Å². The van der Waals surface area contributed by atoms with Crippen molar-refractivity contribution in [1.82, 2.24) is 0 Å². The minimum Gasteiger partial charge on any atom is -0.502 e. The number of nitrogens with two attached hydrogens (primary N) is 1. The highest BCUT2D eigenvalue weighted by molar-refractivity contribution is 5.82. The van der Waals surface area contributed by atoms with Gasteiger partial charge in [-0.2, -0.15) is 0 Å². The number of hydrogen-bond donors (Lipinski definition) is 2. The fraction of sp³-hybridized carbons (Fsp3) is 0.227. The molecule has 2 aromatic carbocycles. The third-order valence-corrected chi connectivity index (χ3v) is 4.32. The molecule has 0 radical (unpaired) electrons. The molecule has 0 amide bonds. The van der Waals surface area contributed by atoms with E-state index in [0.29, 0.717) is 29.9 Å². The molecule has 0 aliphatic heterocycles. The van der Waals surface area contributed by atoms with Gasteiger partial charge in [-0.25, -0.2) is 0 Å². The zero-order valence-electron chi connectivity index (χ0n) is 16.0. The van der Waals surface area contributed by atoms with Crippen molar-refractivity contribution in [3.8, 4) is 11.5 Å². The quantitative estimate of drug-likeness (QED) is 0.610. The van der Waals surface area contributed by atoms with Crippen LogP contribution in [0.1, 0.15) is 17.7 Å². The van der Waals surface area contributed by atoms with Crippen molar-refractivity contribution < 1.29 is 14.3 Å². The van der Waals surface area contributed by atoms with Crippen LogP contribution in [0, 0.1) is 0 Å². The highest BCUT2D eigenvalue weighted by Gasteiger charge is 2.12. The molecule has 1 heterocycles. The third kappa shape index (κ3) is 4.35. The summed E-state index contributed by atoms with van der Waals surface area (Å²) in [6, 6.07) is 12.8. The molecule has 0 unspecified atom stereocenters. The van der Waals surface area contributed by atoms with Crippen LogP contribution >= 0.6 is 0 Å². The number of ether oxygens (including phenoxy) is 1. The van der Waals surface area contributed by atoms with Gasteiger partial charge in [0.05, 0.1) is 12.0 Å². The standard InChI is InChI=1S/C22H24N2O4/c1-24(2)16-7-4-15(5-8-16)6-11-19-22(26)21(25)18-10-9-17(14-20(18)28-19)27-13-3-12-23/h4-11,14,26H,3,12-13,23H2,1-2H3/b11-6+. The zero-order valence-corrected chi connectivity index (χ0v) is 16.0. The summed E-state index contributed by atoms with van der Waals surface area (Å²) in [7, 11) is 3.95. The minimum atomic E-state index is -0.475. The molecule has 0 saturated carbocycles. The first-order valence-corrected chi connectivity index (χ1v) is 9.08. The Hall–Kier alpha value is -3.25. The van der Waals surface area contributed by atoms with E-state index < -0.39 is 11.2 Å². The summed E-state index contributed by atoms with van der Waals surface area (Å²) in [5, 5.41) is 10.5. The van der Waals surface area contributed by atoms with Gasteiger partial charge >= 0.3 is 0 Å². The van der Waals surface area contributed by atoms with Crippen LogP contribution < -0.4 is 20.8 Å². The molecule has 3 N–H and O–H groups in total. The van der Waals surface area contributed by atoms with E-state index in [2.05, 4.69) is 0 Å². The van der Waals surface area contributed by atoms with Crippen LogP contribution in [0.15, 0.2) is 51.7 Å². The molecule has 0 spiro atoms. The van der Waals surface area contributed by atoms with Gasteiger partial charge in [-0.15, -0.1) is 0 Å². The van der Waals surface area contributed by atoms with E-state index in [1.165, 1.54) is 0 Å². The van der Waals surface area contributed by atoms with E-state index in [-0.39, 0.29) is 5.76 Å². The summed E-state index contributed by atoms with van der Waals surface area (Å²) in [5.41, 5.74) is 7.35. The van der Waals surface area contributed by atoms with E-state index >= 15 is 0 Å². The fourth-order valence-corrected chi connectivity index (χ4v) is 2.71. The maximum atomic E-state index is 12.4. The summed E-state index contributed by atoms with van der Waals surface area (Å²) in [6.07, 6.45) is 4.10. The zero-order chi connectivity index (χ0) is 20.1. The van der Waals surface area contributed by atoms with Gasteiger partial charge in [0.15, 0.2) is 5.76 Å². The Morgan fingerprint density at radius 2 is 1.89 bits per heavy atom. The highest BCUT2D eigenvalue weighted by atomic mass is 16.5. The Kier molecular flexibility index (Phi) is 6.01. The minimum absolute atomic E-state index is 0.105. The van der Waals surface area contributed by atoms with Gasteiger partial charge in [-0.3, -0.25) is 4.79 Å². The smallest absolute Gasteiger partial charge is 0.235 e. The van der Waals surface area contributed by atoms with Gasteiger partial charge in [-0.05, 0) is 48.9 Å². The molecule has 0 aliphatic rings. The molecular formula is C22H24N2O4.